The Balaban J connectivity index is 2.08. The summed E-state index contributed by atoms with van der Waals surface area (Å²) < 4.78 is 0. The fraction of sp³-hybridized carbons (Fsp3) is 0.0909. The van der Waals surface area contributed by atoms with Gasteiger partial charge in [0.1, 0.15) is 11.9 Å². The monoisotopic (exact) mass is 213 g/mol. The highest BCUT2D eigenvalue weighted by Gasteiger charge is 2.00. The summed E-state index contributed by atoms with van der Waals surface area (Å²) in [4.78, 5) is 7.07. The number of anilines is 2. The molecule has 5 heteroatoms. The van der Waals surface area contributed by atoms with Crippen LogP contribution in [-0.2, 0) is 6.54 Å². The predicted molar refractivity (Wildman–Crippen MR) is 61.5 cm³/mol. The number of nitrogen functional groups attached to an aromatic ring is 1. The average Bonchev–Trinajstić information content (AvgIpc) is 2.81. The second-order valence-electron chi connectivity index (χ2n) is 3.30. The number of nitrogens with zero attached hydrogens (tertiary/aromatic N) is 2. The first kappa shape index (κ1) is 10.1. The Morgan fingerprint density at radius 2 is 2.38 bits per heavy atom. The summed E-state index contributed by atoms with van der Waals surface area (Å²) in [5.41, 5.74) is 7.44. The van der Waals surface area contributed by atoms with Crippen molar-refractivity contribution in [2.45, 2.75) is 6.54 Å². The average molecular weight is 213 g/mol. The number of imidazole rings is 1. The maximum absolute atomic E-state index is 8.82. The summed E-state index contributed by atoms with van der Waals surface area (Å²) in [5.74, 6) is 0.843. The molecule has 5 nitrogen and oxygen atoms in total. The third-order valence-corrected chi connectivity index (χ3v) is 2.19. The van der Waals surface area contributed by atoms with Gasteiger partial charge in [-0.3, -0.25) is 0 Å². The third-order valence-electron chi connectivity index (χ3n) is 2.19. The highest BCUT2D eigenvalue weighted by molar-refractivity contribution is 5.61. The summed E-state index contributed by atoms with van der Waals surface area (Å²) in [5, 5.41) is 12.0. The molecule has 0 saturated heterocycles. The van der Waals surface area contributed by atoms with E-state index in [4.69, 9.17) is 11.0 Å². The Morgan fingerprint density at radius 3 is 3.06 bits per heavy atom. The van der Waals surface area contributed by atoms with E-state index in [2.05, 4.69) is 15.3 Å². The van der Waals surface area contributed by atoms with Gasteiger partial charge in [0.15, 0.2) is 0 Å². The lowest BCUT2D eigenvalue weighted by atomic mass is 10.2. The highest BCUT2D eigenvalue weighted by Crippen LogP contribution is 2.17. The van der Waals surface area contributed by atoms with Gasteiger partial charge in [0.2, 0.25) is 0 Å². The van der Waals surface area contributed by atoms with Gasteiger partial charge in [-0.25, -0.2) is 4.98 Å². The van der Waals surface area contributed by atoms with E-state index in [9.17, 15) is 0 Å². The predicted octanol–water partition coefficient (Wildman–Crippen LogP) is 1.48. The van der Waals surface area contributed by atoms with Crippen LogP contribution in [0.5, 0.6) is 0 Å². The van der Waals surface area contributed by atoms with Gasteiger partial charge in [-0.05, 0) is 18.2 Å². The molecule has 0 aliphatic carbocycles. The number of nitrogens with two attached hydrogens (primary N) is 1. The number of aromatic amines is 1. The van der Waals surface area contributed by atoms with Crippen LogP contribution in [0.3, 0.4) is 0 Å². The van der Waals surface area contributed by atoms with E-state index in [0.717, 1.165) is 11.5 Å². The second kappa shape index (κ2) is 4.36. The van der Waals surface area contributed by atoms with E-state index < -0.39 is 0 Å². The van der Waals surface area contributed by atoms with Crippen LogP contribution in [0.15, 0.2) is 30.6 Å². The topological polar surface area (TPSA) is 90.5 Å². The van der Waals surface area contributed by atoms with Crippen LogP contribution in [0.2, 0.25) is 0 Å². The molecule has 1 aromatic carbocycles. The maximum atomic E-state index is 8.82. The van der Waals surface area contributed by atoms with Crippen molar-refractivity contribution in [1.29, 1.82) is 5.26 Å². The zero-order valence-electron chi connectivity index (χ0n) is 8.57. The smallest absolute Gasteiger partial charge is 0.125 e. The van der Waals surface area contributed by atoms with Crippen molar-refractivity contribution in [1.82, 2.24) is 9.97 Å². The molecule has 0 aliphatic rings. The van der Waals surface area contributed by atoms with Crippen LogP contribution in [-0.4, -0.2) is 9.97 Å². The minimum absolute atomic E-state index is 0.476. The summed E-state index contributed by atoms with van der Waals surface area (Å²) in [7, 11) is 0. The van der Waals surface area contributed by atoms with Crippen molar-refractivity contribution >= 4 is 11.4 Å². The molecule has 0 amide bonds. The van der Waals surface area contributed by atoms with Gasteiger partial charge >= 0.3 is 0 Å². The number of nitrogens with one attached hydrogen (secondary N) is 2. The molecule has 4 N–H and O–H groups in total. The van der Waals surface area contributed by atoms with Crippen molar-refractivity contribution in [3.8, 4) is 6.07 Å². The van der Waals surface area contributed by atoms with Crippen molar-refractivity contribution in [3.05, 3.63) is 42.0 Å². The molecule has 1 heterocycles. The lowest BCUT2D eigenvalue weighted by Gasteiger charge is -2.05. The van der Waals surface area contributed by atoms with E-state index in [0.29, 0.717) is 17.8 Å². The number of benzene rings is 1. The number of hydrogen-bond acceptors (Lipinski definition) is 4. The Hall–Kier alpha value is -2.48. The Morgan fingerprint density at radius 1 is 1.50 bits per heavy atom. The molecule has 0 unspecified atom stereocenters. The normalized spacial score (nSPS) is 9.69. The van der Waals surface area contributed by atoms with Gasteiger partial charge in [0, 0.05) is 23.8 Å². The largest absolute Gasteiger partial charge is 0.398 e. The van der Waals surface area contributed by atoms with Crippen molar-refractivity contribution in [3.63, 3.8) is 0 Å². The quantitative estimate of drug-likeness (QED) is 0.673. The molecule has 0 spiro atoms. The molecule has 16 heavy (non-hydrogen) atoms. The second-order valence-corrected chi connectivity index (χ2v) is 3.30. The lowest BCUT2D eigenvalue weighted by molar-refractivity contribution is 1.000. The molecule has 0 bridgehead atoms. The fourth-order valence-electron chi connectivity index (χ4n) is 1.34. The molecule has 1 aromatic heterocycles. The van der Waals surface area contributed by atoms with Gasteiger partial charge in [0.05, 0.1) is 12.1 Å². The molecular weight excluding hydrogens is 202 g/mol. The number of hydrogen-bond donors (Lipinski definition) is 3. The lowest BCUT2D eigenvalue weighted by Crippen LogP contribution is -2.02. The van der Waals surface area contributed by atoms with E-state index >= 15 is 0 Å². The van der Waals surface area contributed by atoms with Gasteiger partial charge in [-0.2, -0.15) is 5.26 Å². The molecule has 0 fully saturated rings. The number of rotatable bonds is 3. The first-order chi connectivity index (χ1) is 7.79. The van der Waals surface area contributed by atoms with Crippen LogP contribution in [0.25, 0.3) is 0 Å². The van der Waals surface area contributed by atoms with Crippen LogP contribution < -0.4 is 11.1 Å². The molecule has 0 atom stereocenters. The van der Waals surface area contributed by atoms with Crippen LogP contribution in [0, 0.1) is 11.3 Å². The van der Waals surface area contributed by atoms with E-state index in [1.165, 1.54) is 0 Å². The third kappa shape index (κ3) is 2.12. The van der Waals surface area contributed by atoms with Gasteiger partial charge < -0.3 is 16.0 Å². The minimum Gasteiger partial charge on any atom is -0.398 e. The zero-order valence-corrected chi connectivity index (χ0v) is 8.57. The minimum atomic E-state index is 0.476. The molecule has 0 aliphatic heterocycles. The summed E-state index contributed by atoms with van der Waals surface area (Å²) >= 11 is 0. The van der Waals surface area contributed by atoms with Crippen molar-refractivity contribution in [2.24, 2.45) is 0 Å². The zero-order chi connectivity index (χ0) is 11.4. The van der Waals surface area contributed by atoms with Crippen molar-refractivity contribution < 1.29 is 0 Å². The SMILES string of the molecule is N#Cc1cc(NCc2ncc[nH]2)ccc1N. The molecule has 2 aromatic rings. The number of nitriles is 1. The Kier molecular flexibility index (Phi) is 2.74. The van der Waals surface area contributed by atoms with E-state index in [1.807, 2.05) is 12.1 Å². The summed E-state index contributed by atoms with van der Waals surface area (Å²) in [6.45, 7) is 0.585. The molecule has 0 saturated carbocycles. The summed E-state index contributed by atoms with van der Waals surface area (Å²) in [6.07, 6.45) is 3.46. The molecular formula is C11H11N5. The molecule has 80 valence electrons. The highest BCUT2D eigenvalue weighted by atomic mass is 15.0. The Labute approximate surface area is 92.9 Å². The van der Waals surface area contributed by atoms with Gasteiger partial charge in [-0.15, -0.1) is 0 Å². The molecule has 2 rings (SSSR count). The summed E-state index contributed by atoms with van der Waals surface area (Å²) in [6, 6.07) is 7.30. The van der Waals surface area contributed by atoms with Crippen LogP contribution >= 0.6 is 0 Å². The molecule has 0 radical (unpaired) electrons. The van der Waals surface area contributed by atoms with Crippen LogP contribution in [0.1, 0.15) is 11.4 Å². The van der Waals surface area contributed by atoms with Crippen molar-refractivity contribution in [2.75, 3.05) is 11.1 Å². The van der Waals surface area contributed by atoms with Gasteiger partial charge in [0.25, 0.3) is 0 Å². The first-order valence-corrected chi connectivity index (χ1v) is 4.81. The Bertz CT molecular complexity index is 510. The maximum Gasteiger partial charge on any atom is 0.125 e. The standard InChI is InChI=1S/C11H11N5/c12-6-8-5-9(1-2-10(8)13)16-7-11-14-3-4-15-11/h1-5,16H,7,13H2,(H,14,15). The number of aromatic nitrogens is 2. The first-order valence-electron chi connectivity index (χ1n) is 4.81. The fourth-order valence-corrected chi connectivity index (χ4v) is 1.34. The van der Waals surface area contributed by atoms with E-state index in [-0.39, 0.29) is 0 Å². The number of H-pyrrole nitrogens is 1. The van der Waals surface area contributed by atoms with E-state index in [1.54, 1.807) is 24.5 Å². The van der Waals surface area contributed by atoms with Crippen LogP contribution in [0.4, 0.5) is 11.4 Å². The van der Waals surface area contributed by atoms with Gasteiger partial charge in [-0.1, -0.05) is 0 Å².